The molecule has 3 N–H and O–H groups in total. The Morgan fingerprint density at radius 1 is 0.833 bits per heavy atom. The van der Waals surface area contributed by atoms with E-state index in [0.717, 1.165) is 5.56 Å². The second-order valence-corrected chi connectivity index (χ2v) is 5.06. The number of primary amides is 1. The molecule has 6 heteroatoms. The van der Waals surface area contributed by atoms with E-state index in [1.165, 1.54) is 12.4 Å². The zero-order chi connectivity index (χ0) is 16.9. The van der Waals surface area contributed by atoms with Crippen LogP contribution in [0.15, 0.2) is 67.0 Å². The molecule has 0 radical (unpaired) electrons. The largest absolute Gasteiger partial charge is 0.366 e. The van der Waals surface area contributed by atoms with Gasteiger partial charge in [-0.05, 0) is 24.3 Å². The molecular formula is C18H14N4O2. The van der Waals surface area contributed by atoms with Crippen molar-refractivity contribution < 1.29 is 9.59 Å². The number of rotatable bonds is 4. The molecule has 0 unspecified atom stereocenters. The van der Waals surface area contributed by atoms with Crippen molar-refractivity contribution in [3.8, 4) is 11.4 Å². The zero-order valence-corrected chi connectivity index (χ0v) is 12.6. The third-order valence-electron chi connectivity index (χ3n) is 3.37. The number of nitrogens with one attached hydrogen (secondary N) is 1. The fraction of sp³-hybridized carbons (Fsp3) is 0. The van der Waals surface area contributed by atoms with Crippen molar-refractivity contribution in [3.05, 3.63) is 78.1 Å². The molecule has 0 fully saturated rings. The Labute approximate surface area is 138 Å². The van der Waals surface area contributed by atoms with Gasteiger partial charge in [0.1, 0.15) is 0 Å². The summed E-state index contributed by atoms with van der Waals surface area (Å²) in [5, 5.41) is 2.71. The van der Waals surface area contributed by atoms with E-state index in [0.29, 0.717) is 22.6 Å². The standard InChI is InChI=1S/C18H14N4O2/c19-16(23)12-6-8-15(9-7-12)22-18(24)14-10-20-17(21-11-14)13-4-2-1-3-5-13/h1-11H,(H2,19,23)(H,22,24). The Bertz CT molecular complexity index is 860. The van der Waals surface area contributed by atoms with E-state index in [-0.39, 0.29) is 5.91 Å². The van der Waals surface area contributed by atoms with E-state index in [4.69, 9.17) is 5.73 Å². The fourth-order valence-corrected chi connectivity index (χ4v) is 2.10. The van der Waals surface area contributed by atoms with E-state index in [2.05, 4.69) is 15.3 Å². The number of anilines is 1. The van der Waals surface area contributed by atoms with E-state index < -0.39 is 5.91 Å². The molecular weight excluding hydrogens is 304 g/mol. The number of hydrogen-bond donors (Lipinski definition) is 2. The molecule has 2 amide bonds. The van der Waals surface area contributed by atoms with Crippen LogP contribution in [-0.2, 0) is 0 Å². The van der Waals surface area contributed by atoms with Gasteiger partial charge in [0.05, 0.1) is 5.56 Å². The monoisotopic (exact) mass is 318 g/mol. The Hall–Kier alpha value is -3.54. The lowest BCUT2D eigenvalue weighted by atomic mass is 10.2. The Kier molecular flexibility index (Phi) is 4.29. The molecule has 3 aromatic rings. The van der Waals surface area contributed by atoms with E-state index >= 15 is 0 Å². The average Bonchev–Trinajstić information content (AvgIpc) is 2.63. The van der Waals surface area contributed by atoms with Crippen molar-refractivity contribution in [1.82, 2.24) is 9.97 Å². The number of amides is 2. The highest BCUT2D eigenvalue weighted by Crippen LogP contribution is 2.14. The van der Waals surface area contributed by atoms with Crippen LogP contribution < -0.4 is 11.1 Å². The van der Waals surface area contributed by atoms with Gasteiger partial charge in [0.15, 0.2) is 5.82 Å². The smallest absolute Gasteiger partial charge is 0.258 e. The van der Waals surface area contributed by atoms with Gasteiger partial charge >= 0.3 is 0 Å². The fourth-order valence-electron chi connectivity index (χ4n) is 2.10. The minimum absolute atomic E-state index is 0.332. The molecule has 0 aliphatic carbocycles. The molecule has 2 aromatic carbocycles. The predicted octanol–water partition coefficient (Wildman–Crippen LogP) is 2.49. The third-order valence-corrected chi connectivity index (χ3v) is 3.37. The number of benzene rings is 2. The van der Waals surface area contributed by atoms with Gasteiger partial charge < -0.3 is 11.1 Å². The van der Waals surface area contributed by atoms with Gasteiger partial charge in [-0.3, -0.25) is 9.59 Å². The summed E-state index contributed by atoms with van der Waals surface area (Å²) in [4.78, 5) is 31.7. The number of hydrogen-bond acceptors (Lipinski definition) is 4. The van der Waals surface area contributed by atoms with Crippen LogP contribution in [-0.4, -0.2) is 21.8 Å². The third kappa shape index (κ3) is 3.44. The summed E-state index contributed by atoms with van der Waals surface area (Å²) in [5.41, 5.74) is 7.33. The van der Waals surface area contributed by atoms with Crippen molar-refractivity contribution in [1.29, 1.82) is 0 Å². The number of aromatic nitrogens is 2. The lowest BCUT2D eigenvalue weighted by molar-refractivity contribution is 0.0998. The number of carbonyl (C=O) groups excluding carboxylic acids is 2. The van der Waals surface area contributed by atoms with E-state index in [1.807, 2.05) is 30.3 Å². The van der Waals surface area contributed by atoms with E-state index in [9.17, 15) is 9.59 Å². The van der Waals surface area contributed by atoms with Gasteiger partial charge in [-0.2, -0.15) is 0 Å². The van der Waals surface area contributed by atoms with Crippen molar-refractivity contribution >= 4 is 17.5 Å². The first-order valence-corrected chi connectivity index (χ1v) is 7.22. The first kappa shape index (κ1) is 15.4. The van der Waals surface area contributed by atoms with Crippen LogP contribution >= 0.6 is 0 Å². The quantitative estimate of drug-likeness (QED) is 0.772. The van der Waals surface area contributed by atoms with Crippen LogP contribution in [0.2, 0.25) is 0 Å². The molecule has 0 aliphatic rings. The van der Waals surface area contributed by atoms with Crippen molar-refractivity contribution in [2.45, 2.75) is 0 Å². The maximum atomic E-state index is 12.2. The molecule has 0 spiro atoms. The molecule has 0 bridgehead atoms. The van der Waals surface area contributed by atoms with Crippen LogP contribution in [0.5, 0.6) is 0 Å². The van der Waals surface area contributed by atoms with Crippen LogP contribution in [0.4, 0.5) is 5.69 Å². The molecule has 118 valence electrons. The first-order chi connectivity index (χ1) is 11.6. The highest BCUT2D eigenvalue weighted by molar-refractivity contribution is 6.04. The van der Waals surface area contributed by atoms with Gasteiger partial charge in [0, 0.05) is 29.2 Å². The number of nitrogens with two attached hydrogens (primary N) is 1. The maximum Gasteiger partial charge on any atom is 0.258 e. The summed E-state index contributed by atoms with van der Waals surface area (Å²) in [7, 11) is 0. The predicted molar refractivity (Wildman–Crippen MR) is 90.4 cm³/mol. The van der Waals surface area contributed by atoms with Gasteiger partial charge in [0.2, 0.25) is 5.91 Å². The Morgan fingerprint density at radius 2 is 1.46 bits per heavy atom. The minimum Gasteiger partial charge on any atom is -0.366 e. The second kappa shape index (κ2) is 6.70. The van der Waals surface area contributed by atoms with Crippen LogP contribution in [0.1, 0.15) is 20.7 Å². The van der Waals surface area contributed by atoms with Gasteiger partial charge in [-0.15, -0.1) is 0 Å². The molecule has 1 heterocycles. The topological polar surface area (TPSA) is 98.0 Å². The van der Waals surface area contributed by atoms with Crippen molar-refractivity contribution in [3.63, 3.8) is 0 Å². The molecule has 1 aromatic heterocycles. The molecule has 3 rings (SSSR count). The van der Waals surface area contributed by atoms with Crippen molar-refractivity contribution in [2.75, 3.05) is 5.32 Å². The molecule has 24 heavy (non-hydrogen) atoms. The number of carbonyl (C=O) groups is 2. The molecule has 0 saturated carbocycles. The first-order valence-electron chi connectivity index (χ1n) is 7.22. The molecule has 0 aliphatic heterocycles. The number of nitrogens with zero attached hydrogens (tertiary/aromatic N) is 2. The summed E-state index contributed by atoms with van der Waals surface area (Å²) in [6, 6.07) is 15.8. The molecule has 0 atom stereocenters. The van der Waals surface area contributed by atoms with Crippen LogP contribution in [0.3, 0.4) is 0 Å². The summed E-state index contributed by atoms with van der Waals surface area (Å²) < 4.78 is 0. The lowest BCUT2D eigenvalue weighted by Gasteiger charge is -2.06. The summed E-state index contributed by atoms with van der Waals surface area (Å²) >= 11 is 0. The highest BCUT2D eigenvalue weighted by atomic mass is 16.2. The normalized spacial score (nSPS) is 10.2. The summed E-state index contributed by atoms with van der Waals surface area (Å²) in [6.45, 7) is 0. The average molecular weight is 318 g/mol. The maximum absolute atomic E-state index is 12.2. The SMILES string of the molecule is NC(=O)c1ccc(NC(=O)c2cnc(-c3ccccc3)nc2)cc1. The molecule has 0 saturated heterocycles. The lowest BCUT2D eigenvalue weighted by Crippen LogP contribution is -2.14. The van der Waals surface area contributed by atoms with Crippen LogP contribution in [0.25, 0.3) is 11.4 Å². The summed E-state index contributed by atoms with van der Waals surface area (Å²) in [6.07, 6.45) is 2.95. The van der Waals surface area contributed by atoms with Crippen molar-refractivity contribution in [2.24, 2.45) is 5.73 Å². The Morgan fingerprint density at radius 3 is 2.04 bits per heavy atom. The Balaban J connectivity index is 1.72. The second-order valence-electron chi connectivity index (χ2n) is 5.06. The highest BCUT2D eigenvalue weighted by Gasteiger charge is 2.09. The molecule has 6 nitrogen and oxygen atoms in total. The minimum atomic E-state index is -0.516. The zero-order valence-electron chi connectivity index (χ0n) is 12.6. The summed E-state index contributed by atoms with van der Waals surface area (Å²) in [5.74, 6) is -0.294. The van der Waals surface area contributed by atoms with Crippen LogP contribution in [0, 0.1) is 0 Å². The van der Waals surface area contributed by atoms with Gasteiger partial charge in [0.25, 0.3) is 5.91 Å². The van der Waals surface area contributed by atoms with Gasteiger partial charge in [-0.1, -0.05) is 30.3 Å². The van der Waals surface area contributed by atoms with Gasteiger partial charge in [-0.25, -0.2) is 9.97 Å². The van der Waals surface area contributed by atoms with E-state index in [1.54, 1.807) is 24.3 Å².